The molecule has 6 N–H and O–H groups in total. The lowest BCUT2D eigenvalue weighted by Gasteiger charge is -2.38. The average molecular weight is 769 g/mol. The largest absolute Gasteiger partial charge is 0.507 e. The maximum atomic E-state index is 14.2. The van der Waals surface area contributed by atoms with Gasteiger partial charge in [-0.05, 0) is 26.8 Å². The Morgan fingerprint density at radius 2 is 1.65 bits per heavy atom. The third-order valence-electron chi connectivity index (χ3n) is 10.4. The molecule has 1 amide bonds. The van der Waals surface area contributed by atoms with Crippen molar-refractivity contribution in [3.05, 3.63) is 52.8 Å². The highest BCUT2D eigenvalue weighted by Crippen LogP contribution is 2.55. The summed E-state index contributed by atoms with van der Waals surface area (Å²) in [4.78, 5) is 45.1. The number of fused-ring (bicyclic) bond motifs is 14. The third-order valence-corrected chi connectivity index (χ3v) is 10.4. The number of carbonyl (C=O) groups is 3. The van der Waals surface area contributed by atoms with E-state index >= 15 is 0 Å². The summed E-state index contributed by atoms with van der Waals surface area (Å²) in [6.07, 6.45) is 4.49. The van der Waals surface area contributed by atoms with Crippen LogP contribution in [0.4, 0.5) is 5.69 Å². The average Bonchev–Trinajstić information content (AvgIpc) is 3.41. The van der Waals surface area contributed by atoms with Crippen LogP contribution >= 0.6 is 0 Å². The lowest BCUT2D eigenvalue weighted by Crippen LogP contribution is -2.46. The Hall–Kier alpha value is -5.12. The molecule has 2 aromatic rings. The molecular formula is C40H52N2O13. The van der Waals surface area contributed by atoms with Crippen LogP contribution in [-0.2, 0) is 28.6 Å². The lowest BCUT2D eigenvalue weighted by molar-refractivity contribution is -0.160. The summed E-state index contributed by atoms with van der Waals surface area (Å²) >= 11 is 0. The molecule has 15 heteroatoms. The second-order valence-electron chi connectivity index (χ2n) is 14.3. The van der Waals surface area contributed by atoms with Crippen molar-refractivity contribution in [3.8, 4) is 23.0 Å². The number of aliphatic hydroxyl groups is 2. The molecule has 15 nitrogen and oxygen atoms in total. The van der Waals surface area contributed by atoms with Crippen LogP contribution < -0.4 is 10.1 Å². The molecular weight excluding hydrogens is 716 g/mol. The predicted octanol–water partition coefficient (Wildman–Crippen LogP) is 5.12. The van der Waals surface area contributed by atoms with E-state index in [0.717, 1.165) is 6.21 Å². The van der Waals surface area contributed by atoms with Crippen molar-refractivity contribution < 1.29 is 63.7 Å². The highest BCUT2D eigenvalue weighted by Gasteiger charge is 2.50. The zero-order chi connectivity index (χ0) is 41.1. The topological polar surface area (TPSA) is 223 Å². The number of oxime groups is 1. The molecule has 9 unspecified atom stereocenters. The Morgan fingerprint density at radius 1 is 0.982 bits per heavy atom. The van der Waals surface area contributed by atoms with Crippen molar-refractivity contribution in [1.29, 1.82) is 0 Å². The minimum Gasteiger partial charge on any atom is -0.507 e. The number of phenols is 3. The molecule has 5 bridgehead atoms. The zero-order valence-corrected chi connectivity index (χ0v) is 32.7. The van der Waals surface area contributed by atoms with E-state index in [1.54, 1.807) is 46.8 Å². The molecule has 55 heavy (non-hydrogen) atoms. The molecule has 0 saturated carbocycles. The molecule has 3 aliphatic heterocycles. The summed E-state index contributed by atoms with van der Waals surface area (Å²) in [5.74, 6) is -8.61. The zero-order valence-electron chi connectivity index (χ0n) is 32.7. The van der Waals surface area contributed by atoms with E-state index in [-0.39, 0.29) is 51.1 Å². The quantitative estimate of drug-likeness (QED) is 0.0765. The maximum Gasteiger partial charge on any atom is 0.312 e. The smallest absolute Gasteiger partial charge is 0.312 e. The molecule has 2 aromatic carbocycles. The SMILES string of the molecule is CCON=Cc1c2c(O)c3c(O)c(C)c4c(c3c1O)C(=O)C(C)(OC=CC(OC)C(C)C(OC(C)=O)C(C)C(O)C(C)C(O)C(C)C=CC=C(C)C(=O)N2)O4. The Bertz CT molecular complexity index is 1940. The fraction of sp³-hybridized carbons (Fsp3) is 0.500. The van der Waals surface area contributed by atoms with Gasteiger partial charge in [-0.1, -0.05) is 51.1 Å². The summed E-state index contributed by atoms with van der Waals surface area (Å²) in [6, 6.07) is 0. The van der Waals surface area contributed by atoms with Crippen LogP contribution in [0.2, 0.25) is 0 Å². The van der Waals surface area contributed by atoms with Crippen LogP contribution in [0.1, 0.15) is 76.9 Å². The van der Waals surface area contributed by atoms with E-state index in [1.165, 1.54) is 53.2 Å². The molecule has 0 spiro atoms. The van der Waals surface area contributed by atoms with Gasteiger partial charge in [-0.3, -0.25) is 14.4 Å². The highest BCUT2D eigenvalue weighted by atomic mass is 16.7. The van der Waals surface area contributed by atoms with Crippen LogP contribution in [-0.4, -0.2) is 93.3 Å². The number of anilines is 1. The predicted molar refractivity (Wildman–Crippen MR) is 203 cm³/mol. The van der Waals surface area contributed by atoms with Crippen molar-refractivity contribution in [2.45, 2.75) is 92.5 Å². The van der Waals surface area contributed by atoms with Crippen molar-refractivity contribution in [2.24, 2.45) is 28.8 Å². The molecule has 9 atom stereocenters. The van der Waals surface area contributed by atoms with Gasteiger partial charge in [-0.2, -0.15) is 0 Å². The summed E-state index contributed by atoms with van der Waals surface area (Å²) in [5, 5.41) is 63.3. The number of phenolic OH excluding ortho intramolecular Hbond substituents is 3. The fourth-order valence-corrected chi connectivity index (χ4v) is 7.04. The number of allylic oxidation sites excluding steroid dienone is 2. The van der Waals surface area contributed by atoms with E-state index in [0.29, 0.717) is 0 Å². The number of rotatable bonds is 5. The number of amides is 1. The van der Waals surface area contributed by atoms with Crippen molar-refractivity contribution >= 4 is 40.3 Å². The van der Waals surface area contributed by atoms with E-state index < -0.39 is 88.8 Å². The fourth-order valence-electron chi connectivity index (χ4n) is 7.04. The van der Waals surface area contributed by atoms with E-state index in [4.69, 9.17) is 23.8 Å². The number of nitrogens with one attached hydrogen (secondary N) is 1. The number of methoxy groups -OCH3 is 1. The standard InChI is InChI=1S/C40H52N2O13/c1-11-53-41-17-25-30-35(48)28-27(34(25)47)29-37(23(7)33(28)46)55-40(9,38(29)49)52-16-15-26(51-10)20(4)36(54-24(8)43)22(6)32(45)21(5)31(44)18(2)13-12-14-19(3)39(50)42-30/h12-18,20-22,26,31-32,36,44-48H,11H2,1-10H3,(H,42,50). The molecule has 300 valence electrons. The number of ketones is 1. The minimum absolute atomic E-state index is 0.0345. The molecule has 0 aromatic heterocycles. The number of ether oxygens (including phenoxy) is 4. The van der Waals surface area contributed by atoms with Gasteiger partial charge in [-0.25, -0.2) is 0 Å². The molecule has 0 aliphatic carbocycles. The van der Waals surface area contributed by atoms with E-state index in [1.807, 2.05) is 0 Å². The molecule has 3 aliphatic rings. The number of aliphatic hydroxyl groups excluding tert-OH is 2. The number of aromatic hydroxyl groups is 3. The van der Waals surface area contributed by atoms with E-state index in [2.05, 4.69) is 10.5 Å². The third kappa shape index (κ3) is 8.28. The first-order valence-electron chi connectivity index (χ1n) is 18.1. The molecule has 3 heterocycles. The number of esters is 1. The van der Waals surface area contributed by atoms with Gasteiger partial charge in [0.25, 0.3) is 11.7 Å². The van der Waals surface area contributed by atoms with E-state index in [9.17, 15) is 39.9 Å². The van der Waals surface area contributed by atoms with Crippen LogP contribution in [0.3, 0.4) is 0 Å². The first-order valence-corrected chi connectivity index (χ1v) is 18.1. The van der Waals surface area contributed by atoms with Gasteiger partial charge < -0.3 is 54.6 Å². The monoisotopic (exact) mass is 768 g/mol. The number of hydrogen-bond acceptors (Lipinski definition) is 14. The van der Waals surface area contributed by atoms with Crippen LogP contribution in [0, 0.1) is 30.6 Å². The number of benzene rings is 2. The highest BCUT2D eigenvalue weighted by molar-refractivity contribution is 6.23. The van der Waals surface area contributed by atoms with Gasteiger partial charge in [0.1, 0.15) is 30.0 Å². The summed E-state index contributed by atoms with van der Waals surface area (Å²) in [6.45, 7) is 14.2. The molecule has 5 rings (SSSR count). The van der Waals surface area contributed by atoms with Gasteiger partial charge in [0, 0.05) is 61.2 Å². The van der Waals surface area contributed by atoms with Crippen LogP contribution in [0.15, 0.2) is 41.3 Å². The van der Waals surface area contributed by atoms with Gasteiger partial charge in [0.2, 0.25) is 0 Å². The number of carbonyl (C=O) groups excluding carboxylic acids is 3. The number of nitrogens with zero attached hydrogens (tertiary/aromatic N) is 1. The summed E-state index contributed by atoms with van der Waals surface area (Å²) < 4.78 is 23.4. The van der Waals surface area contributed by atoms with Crippen LogP contribution in [0.5, 0.6) is 23.0 Å². The summed E-state index contributed by atoms with van der Waals surface area (Å²) in [5.41, 5.74) is -0.610. The van der Waals surface area contributed by atoms with Crippen molar-refractivity contribution in [2.75, 3.05) is 19.0 Å². The van der Waals surface area contributed by atoms with Gasteiger partial charge in [-0.15, -0.1) is 0 Å². The first-order chi connectivity index (χ1) is 25.8. The van der Waals surface area contributed by atoms with Gasteiger partial charge >= 0.3 is 11.8 Å². The van der Waals surface area contributed by atoms with Crippen molar-refractivity contribution in [3.63, 3.8) is 0 Å². The second-order valence-corrected chi connectivity index (χ2v) is 14.3. The van der Waals surface area contributed by atoms with Crippen LogP contribution in [0.25, 0.3) is 10.8 Å². The lowest BCUT2D eigenvalue weighted by atomic mass is 9.78. The number of hydrogen-bond donors (Lipinski definition) is 6. The van der Waals surface area contributed by atoms with Crippen molar-refractivity contribution in [1.82, 2.24) is 0 Å². The summed E-state index contributed by atoms with van der Waals surface area (Å²) in [7, 11) is 1.42. The Kier molecular flexibility index (Phi) is 13.3. The minimum atomic E-state index is -2.05. The maximum absolute atomic E-state index is 14.2. The molecule has 0 saturated heterocycles. The Morgan fingerprint density at radius 3 is 2.27 bits per heavy atom. The number of Topliss-reactive ketones (excluding diaryl/α,β-unsaturated/α-hetero) is 1. The first kappa shape index (κ1) is 42.6. The van der Waals surface area contributed by atoms with Gasteiger partial charge in [0.05, 0.1) is 53.0 Å². The normalized spacial score (nSPS) is 29.3. The Balaban J connectivity index is 1.97. The molecule has 0 fully saturated rings. The second kappa shape index (κ2) is 17.1. The Labute approximate surface area is 319 Å². The van der Waals surface area contributed by atoms with Gasteiger partial charge in [0.15, 0.2) is 5.75 Å². The molecule has 0 radical (unpaired) electrons.